The van der Waals surface area contributed by atoms with Gasteiger partial charge in [-0.2, -0.15) is 0 Å². The van der Waals surface area contributed by atoms with Gasteiger partial charge in [-0.25, -0.2) is 4.98 Å². The monoisotopic (exact) mass is 337 g/mol. The van der Waals surface area contributed by atoms with Crippen molar-refractivity contribution in [3.8, 4) is 0 Å². The highest BCUT2D eigenvalue weighted by Gasteiger charge is 2.46. The van der Waals surface area contributed by atoms with Gasteiger partial charge in [-0.15, -0.1) is 0 Å². The fourth-order valence-corrected chi connectivity index (χ4v) is 4.33. The quantitative estimate of drug-likeness (QED) is 0.858. The summed E-state index contributed by atoms with van der Waals surface area (Å²) in [7, 11) is 2.05. The largest absolute Gasteiger partial charge is 0.342 e. The van der Waals surface area contributed by atoms with Crippen LogP contribution in [0.15, 0.2) is 36.7 Å². The number of rotatable bonds is 4. The summed E-state index contributed by atoms with van der Waals surface area (Å²) in [6.45, 7) is 3.97. The number of nitrogens with zero attached hydrogens (tertiary/aromatic N) is 3. The zero-order valence-electron chi connectivity index (χ0n) is 15.2. The molecule has 0 radical (unpaired) electrons. The van der Waals surface area contributed by atoms with E-state index >= 15 is 0 Å². The van der Waals surface area contributed by atoms with Gasteiger partial charge in [0.25, 0.3) is 0 Å². The number of hydrogen-bond donors (Lipinski definition) is 0. The zero-order chi connectivity index (χ0) is 17.4. The second-order valence-corrected chi connectivity index (χ2v) is 7.76. The maximum Gasteiger partial charge on any atom is 0.226 e. The van der Waals surface area contributed by atoms with E-state index in [0.717, 1.165) is 38.2 Å². The fourth-order valence-electron chi connectivity index (χ4n) is 4.33. The molecule has 1 saturated carbocycles. The van der Waals surface area contributed by atoms with Crippen LogP contribution in [0.5, 0.6) is 0 Å². The average Bonchev–Trinajstić information content (AvgIpc) is 3.32. The molecule has 25 heavy (non-hydrogen) atoms. The van der Waals surface area contributed by atoms with Gasteiger partial charge >= 0.3 is 0 Å². The van der Waals surface area contributed by atoms with E-state index in [9.17, 15) is 4.79 Å². The lowest BCUT2D eigenvalue weighted by Gasteiger charge is -2.33. The number of benzene rings is 1. The van der Waals surface area contributed by atoms with Crippen LogP contribution in [0, 0.1) is 18.8 Å². The molecule has 4 heteroatoms. The van der Waals surface area contributed by atoms with Gasteiger partial charge < -0.3 is 9.47 Å². The van der Waals surface area contributed by atoms with Gasteiger partial charge in [-0.3, -0.25) is 4.79 Å². The van der Waals surface area contributed by atoms with Crippen LogP contribution < -0.4 is 0 Å². The number of imidazole rings is 1. The molecule has 2 aliphatic rings. The van der Waals surface area contributed by atoms with E-state index in [1.54, 1.807) is 0 Å². The molecule has 1 saturated heterocycles. The summed E-state index contributed by atoms with van der Waals surface area (Å²) in [6, 6.07) is 8.50. The zero-order valence-corrected chi connectivity index (χ0v) is 15.2. The van der Waals surface area contributed by atoms with E-state index in [-0.39, 0.29) is 5.92 Å². The number of carbonyl (C=O) groups is 1. The van der Waals surface area contributed by atoms with Crippen molar-refractivity contribution in [2.75, 3.05) is 13.1 Å². The van der Waals surface area contributed by atoms with Crippen LogP contribution >= 0.6 is 0 Å². The Bertz CT molecular complexity index is 766. The highest BCUT2D eigenvalue weighted by atomic mass is 16.2. The number of likely N-dealkylation sites (tertiary alicyclic amines) is 1. The normalized spacial score (nSPS) is 25.8. The van der Waals surface area contributed by atoms with Gasteiger partial charge in [0.2, 0.25) is 5.91 Å². The molecule has 0 spiro atoms. The minimum atomic E-state index is 0.202. The lowest BCUT2D eigenvalue weighted by Crippen LogP contribution is -2.41. The molecule has 1 aromatic heterocycles. The van der Waals surface area contributed by atoms with Crippen molar-refractivity contribution >= 4 is 5.91 Å². The van der Waals surface area contributed by atoms with E-state index in [0.29, 0.717) is 17.7 Å². The summed E-state index contributed by atoms with van der Waals surface area (Å²) >= 11 is 0. The van der Waals surface area contributed by atoms with Crippen molar-refractivity contribution in [2.24, 2.45) is 18.9 Å². The van der Waals surface area contributed by atoms with Gasteiger partial charge in [0.15, 0.2) is 0 Å². The molecule has 1 aliphatic carbocycles. The van der Waals surface area contributed by atoms with Crippen LogP contribution in [0.3, 0.4) is 0 Å². The molecule has 0 N–H and O–H groups in total. The number of aryl methyl sites for hydroxylation is 2. The van der Waals surface area contributed by atoms with E-state index in [4.69, 9.17) is 0 Å². The second-order valence-electron chi connectivity index (χ2n) is 7.76. The summed E-state index contributed by atoms with van der Waals surface area (Å²) in [5, 5.41) is 0. The first-order valence-corrected chi connectivity index (χ1v) is 9.44. The molecule has 0 unspecified atom stereocenters. The number of amides is 1. The van der Waals surface area contributed by atoms with Crippen LogP contribution in [0.2, 0.25) is 0 Å². The lowest BCUT2D eigenvalue weighted by molar-refractivity contribution is -0.134. The molecule has 1 aliphatic heterocycles. The summed E-state index contributed by atoms with van der Waals surface area (Å²) in [5.74, 6) is 2.67. The molecular formula is C21H27N3O. The summed E-state index contributed by atoms with van der Waals surface area (Å²) in [5.41, 5.74) is 2.68. The Hall–Kier alpha value is -2.10. The highest BCUT2D eigenvalue weighted by molar-refractivity contribution is 5.83. The standard InChI is InChI=1S/C21H27N3O/c1-15-6-3-4-8-17(15)18-13-19(18)21(25)24-10-5-7-16(14-24)12-20-22-9-11-23(20)2/h3-4,6,8-9,11,16,18-19H,5,7,10,12-14H2,1-2H3/t16-,18-,19-/m0/s1. The van der Waals surface area contributed by atoms with Crippen LogP contribution in [-0.4, -0.2) is 33.4 Å². The maximum absolute atomic E-state index is 13.0. The van der Waals surface area contributed by atoms with Crippen LogP contribution in [0.1, 0.15) is 42.1 Å². The first-order valence-electron chi connectivity index (χ1n) is 9.44. The average molecular weight is 337 g/mol. The van der Waals surface area contributed by atoms with E-state index in [2.05, 4.69) is 45.6 Å². The predicted molar refractivity (Wildman–Crippen MR) is 98.2 cm³/mol. The van der Waals surface area contributed by atoms with Crippen molar-refractivity contribution in [3.63, 3.8) is 0 Å². The number of hydrogen-bond acceptors (Lipinski definition) is 2. The minimum absolute atomic E-state index is 0.202. The highest BCUT2D eigenvalue weighted by Crippen LogP contribution is 2.49. The van der Waals surface area contributed by atoms with Crippen LogP contribution in [0.4, 0.5) is 0 Å². The van der Waals surface area contributed by atoms with Crippen molar-refractivity contribution in [1.82, 2.24) is 14.5 Å². The van der Waals surface area contributed by atoms with Crippen LogP contribution in [-0.2, 0) is 18.3 Å². The smallest absolute Gasteiger partial charge is 0.226 e. The Morgan fingerprint density at radius 1 is 1.32 bits per heavy atom. The molecule has 2 aromatic rings. The number of aromatic nitrogens is 2. The Labute approximate surface area is 149 Å². The van der Waals surface area contributed by atoms with Crippen LogP contribution in [0.25, 0.3) is 0 Å². The maximum atomic E-state index is 13.0. The summed E-state index contributed by atoms with van der Waals surface area (Å²) in [6.07, 6.45) is 8.16. The molecular weight excluding hydrogens is 310 g/mol. The molecule has 3 atom stereocenters. The molecule has 4 rings (SSSR count). The lowest BCUT2D eigenvalue weighted by atomic mass is 9.94. The van der Waals surface area contributed by atoms with Crippen molar-refractivity contribution in [1.29, 1.82) is 0 Å². The van der Waals surface area contributed by atoms with Gasteiger partial charge in [-0.1, -0.05) is 24.3 Å². The van der Waals surface area contributed by atoms with Gasteiger partial charge in [0, 0.05) is 44.9 Å². The molecule has 1 amide bonds. The van der Waals surface area contributed by atoms with Crippen molar-refractivity contribution < 1.29 is 4.79 Å². The first kappa shape index (κ1) is 16.4. The molecule has 2 fully saturated rings. The Balaban J connectivity index is 1.38. The van der Waals surface area contributed by atoms with E-state index < -0.39 is 0 Å². The van der Waals surface area contributed by atoms with E-state index in [1.165, 1.54) is 17.5 Å². The first-order chi connectivity index (χ1) is 12.1. The molecule has 1 aromatic carbocycles. The molecule has 0 bridgehead atoms. The fraction of sp³-hybridized carbons (Fsp3) is 0.524. The van der Waals surface area contributed by atoms with Crippen molar-refractivity contribution in [3.05, 3.63) is 53.6 Å². The third kappa shape index (κ3) is 3.35. The third-order valence-electron chi connectivity index (χ3n) is 5.92. The Kier molecular flexibility index (Phi) is 4.36. The van der Waals surface area contributed by atoms with Gasteiger partial charge in [0.05, 0.1) is 0 Å². The third-order valence-corrected chi connectivity index (χ3v) is 5.92. The molecule has 4 nitrogen and oxygen atoms in total. The van der Waals surface area contributed by atoms with E-state index in [1.807, 2.05) is 19.4 Å². The SMILES string of the molecule is Cc1ccccc1[C@@H]1C[C@@H]1C(=O)N1CCC[C@@H](Cc2nccn2C)C1. The molecule has 132 valence electrons. The summed E-state index contributed by atoms with van der Waals surface area (Å²) < 4.78 is 2.09. The Morgan fingerprint density at radius 3 is 2.92 bits per heavy atom. The molecule has 2 heterocycles. The second kappa shape index (κ2) is 6.66. The predicted octanol–water partition coefficient (Wildman–Crippen LogP) is 3.31. The number of carbonyl (C=O) groups excluding carboxylic acids is 1. The Morgan fingerprint density at radius 2 is 2.16 bits per heavy atom. The topological polar surface area (TPSA) is 38.1 Å². The van der Waals surface area contributed by atoms with Crippen molar-refractivity contribution in [2.45, 2.75) is 38.5 Å². The van der Waals surface area contributed by atoms with Gasteiger partial charge in [0.1, 0.15) is 5.82 Å². The number of piperidine rings is 1. The summed E-state index contributed by atoms with van der Waals surface area (Å²) in [4.78, 5) is 19.5. The minimum Gasteiger partial charge on any atom is -0.342 e. The van der Waals surface area contributed by atoms with Gasteiger partial charge in [-0.05, 0) is 49.1 Å².